The molecule has 0 radical (unpaired) electrons. The van der Waals surface area contributed by atoms with E-state index in [-0.39, 0.29) is 0 Å². The van der Waals surface area contributed by atoms with E-state index in [1.807, 2.05) is 43.6 Å². The smallest absolute Gasteiger partial charge is 0.132 e. The minimum Gasteiger partial charge on any atom is -0.353 e. The van der Waals surface area contributed by atoms with E-state index in [0.717, 1.165) is 59.4 Å². The van der Waals surface area contributed by atoms with Gasteiger partial charge >= 0.3 is 0 Å². The van der Waals surface area contributed by atoms with Crippen LogP contribution >= 0.6 is 15.9 Å². The van der Waals surface area contributed by atoms with E-state index in [1.165, 1.54) is 0 Å². The molecule has 132 valence electrons. The fraction of sp³-hybridized carbons (Fsp3) is 0.263. The summed E-state index contributed by atoms with van der Waals surface area (Å²) in [7, 11) is 0. The Balaban J connectivity index is 1.54. The monoisotopic (exact) mass is 410 g/mol. The lowest BCUT2D eigenvalue weighted by Crippen LogP contribution is -2.47. The summed E-state index contributed by atoms with van der Waals surface area (Å²) in [4.78, 5) is 22.5. The van der Waals surface area contributed by atoms with E-state index in [1.54, 1.807) is 6.20 Å². The normalized spacial score (nSPS) is 14.5. The molecule has 0 amide bonds. The molecule has 1 saturated heterocycles. The molecule has 0 saturated carbocycles. The van der Waals surface area contributed by atoms with Gasteiger partial charge in [-0.3, -0.25) is 4.98 Å². The molecule has 0 aliphatic carbocycles. The van der Waals surface area contributed by atoms with Crippen LogP contribution in [0.25, 0.3) is 11.3 Å². The Kier molecular flexibility index (Phi) is 4.79. The first-order chi connectivity index (χ1) is 12.7. The van der Waals surface area contributed by atoms with Gasteiger partial charge in [-0.25, -0.2) is 15.0 Å². The Labute approximate surface area is 161 Å². The number of hydrogen-bond acceptors (Lipinski definition) is 6. The highest BCUT2D eigenvalue weighted by molar-refractivity contribution is 9.10. The van der Waals surface area contributed by atoms with Crippen molar-refractivity contribution in [2.75, 3.05) is 36.0 Å². The van der Waals surface area contributed by atoms with E-state index < -0.39 is 0 Å². The van der Waals surface area contributed by atoms with Crippen molar-refractivity contribution in [2.45, 2.75) is 6.92 Å². The van der Waals surface area contributed by atoms with Crippen LogP contribution in [0.2, 0.25) is 0 Å². The third kappa shape index (κ3) is 3.67. The van der Waals surface area contributed by atoms with Crippen molar-refractivity contribution in [3.63, 3.8) is 0 Å². The highest BCUT2D eigenvalue weighted by atomic mass is 79.9. The first-order valence-corrected chi connectivity index (χ1v) is 9.36. The average Bonchev–Trinajstić information content (AvgIpc) is 2.68. The fourth-order valence-electron chi connectivity index (χ4n) is 3.12. The van der Waals surface area contributed by atoms with Crippen LogP contribution in [0.4, 0.5) is 11.6 Å². The number of pyridine rings is 2. The second-order valence-corrected chi connectivity index (χ2v) is 7.13. The van der Waals surface area contributed by atoms with E-state index in [2.05, 4.69) is 51.7 Å². The van der Waals surface area contributed by atoms with Crippen LogP contribution in [-0.2, 0) is 0 Å². The van der Waals surface area contributed by atoms with Crippen LogP contribution in [0.3, 0.4) is 0 Å². The molecule has 0 unspecified atom stereocenters. The van der Waals surface area contributed by atoms with Gasteiger partial charge < -0.3 is 9.80 Å². The molecule has 1 aliphatic heterocycles. The minimum atomic E-state index is 0.768. The average molecular weight is 411 g/mol. The molecule has 0 N–H and O–H groups in total. The lowest BCUT2D eigenvalue weighted by molar-refractivity contribution is 0.640. The fourth-order valence-corrected chi connectivity index (χ4v) is 3.48. The van der Waals surface area contributed by atoms with Crippen molar-refractivity contribution < 1.29 is 0 Å². The molecule has 1 aliphatic rings. The Morgan fingerprint density at radius 2 is 1.69 bits per heavy atom. The molecule has 3 aromatic heterocycles. The van der Waals surface area contributed by atoms with Crippen LogP contribution in [0.1, 0.15) is 5.82 Å². The van der Waals surface area contributed by atoms with Crippen molar-refractivity contribution >= 4 is 27.6 Å². The van der Waals surface area contributed by atoms with Crippen molar-refractivity contribution in [1.29, 1.82) is 0 Å². The molecule has 0 spiro atoms. The quantitative estimate of drug-likeness (QED) is 0.659. The maximum atomic E-state index is 4.65. The van der Waals surface area contributed by atoms with Crippen molar-refractivity contribution in [3.05, 3.63) is 59.2 Å². The van der Waals surface area contributed by atoms with Crippen LogP contribution < -0.4 is 9.80 Å². The van der Waals surface area contributed by atoms with Gasteiger partial charge in [0, 0.05) is 60.9 Å². The zero-order valence-electron chi connectivity index (χ0n) is 14.5. The van der Waals surface area contributed by atoms with E-state index in [4.69, 9.17) is 0 Å². The van der Waals surface area contributed by atoms with Crippen molar-refractivity contribution in [2.24, 2.45) is 0 Å². The highest BCUT2D eigenvalue weighted by Crippen LogP contribution is 2.24. The number of hydrogen-bond donors (Lipinski definition) is 0. The summed E-state index contributed by atoms with van der Waals surface area (Å²) in [5.41, 5.74) is 1.88. The minimum absolute atomic E-state index is 0.768. The van der Waals surface area contributed by atoms with E-state index in [9.17, 15) is 0 Å². The maximum Gasteiger partial charge on any atom is 0.132 e. The second-order valence-electron chi connectivity index (χ2n) is 6.21. The van der Waals surface area contributed by atoms with Gasteiger partial charge in [-0.2, -0.15) is 0 Å². The molecule has 0 aromatic carbocycles. The summed E-state index contributed by atoms with van der Waals surface area (Å²) in [6.45, 7) is 5.59. The van der Waals surface area contributed by atoms with Gasteiger partial charge in [-0.1, -0.05) is 6.07 Å². The molecular formula is C19H19BrN6. The summed E-state index contributed by atoms with van der Waals surface area (Å²) >= 11 is 3.47. The molecular weight excluding hydrogens is 392 g/mol. The number of anilines is 2. The Morgan fingerprint density at radius 1 is 0.923 bits per heavy atom. The Morgan fingerprint density at radius 3 is 2.38 bits per heavy atom. The predicted molar refractivity (Wildman–Crippen MR) is 106 cm³/mol. The zero-order valence-corrected chi connectivity index (χ0v) is 16.1. The van der Waals surface area contributed by atoms with Crippen LogP contribution in [0, 0.1) is 6.92 Å². The predicted octanol–water partition coefficient (Wildman–Crippen LogP) is 3.33. The SMILES string of the molecule is Cc1nc(-c2cncc(Br)c2)cc(N2CCN(c3ccccn3)CC2)n1. The number of nitrogens with zero attached hydrogens (tertiary/aromatic N) is 6. The molecule has 4 heterocycles. The molecule has 4 rings (SSSR count). The largest absolute Gasteiger partial charge is 0.353 e. The number of aryl methyl sites for hydroxylation is 1. The molecule has 26 heavy (non-hydrogen) atoms. The second kappa shape index (κ2) is 7.37. The van der Waals surface area contributed by atoms with Gasteiger partial charge in [0.1, 0.15) is 17.5 Å². The van der Waals surface area contributed by atoms with E-state index in [0.29, 0.717) is 0 Å². The lowest BCUT2D eigenvalue weighted by atomic mass is 10.2. The highest BCUT2D eigenvalue weighted by Gasteiger charge is 2.20. The summed E-state index contributed by atoms with van der Waals surface area (Å²) in [5, 5.41) is 0. The number of aromatic nitrogens is 4. The molecule has 6 nitrogen and oxygen atoms in total. The van der Waals surface area contributed by atoms with Crippen LogP contribution in [0.5, 0.6) is 0 Å². The van der Waals surface area contributed by atoms with Gasteiger partial charge in [-0.05, 0) is 41.1 Å². The first kappa shape index (κ1) is 16.9. The third-order valence-corrected chi connectivity index (χ3v) is 4.84. The number of piperazine rings is 1. The van der Waals surface area contributed by atoms with Gasteiger partial charge in [0.2, 0.25) is 0 Å². The standard InChI is InChI=1S/C19H19BrN6/c1-14-23-17(15-10-16(20)13-21-12-15)11-19(24-14)26-8-6-25(7-9-26)18-4-2-3-5-22-18/h2-5,10-13H,6-9H2,1H3. The lowest BCUT2D eigenvalue weighted by Gasteiger charge is -2.36. The van der Waals surface area contributed by atoms with Gasteiger partial charge in [0.15, 0.2) is 0 Å². The van der Waals surface area contributed by atoms with Gasteiger partial charge in [0.05, 0.1) is 5.69 Å². The topological polar surface area (TPSA) is 58.0 Å². The Bertz CT molecular complexity index is 894. The molecule has 0 atom stereocenters. The molecule has 3 aromatic rings. The van der Waals surface area contributed by atoms with Crippen LogP contribution in [0.15, 0.2) is 53.4 Å². The molecule has 7 heteroatoms. The summed E-state index contributed by atoms with van der Waals surface area (Å²) < 4.78 is 0.941. The third-order valence-electron chi connectivity index (χ3n) is 4.40. The van der Waals surface area contributed by atoms with Crippen molar-refractivity contribution in [3.8, 4) is 11.3 Å². The van der Waals surface area contributed by atoms with E-state index >= 15 is 0 Å². The van der Waals surface area contributed by atoms with Crippen LogP contribution in [-0.4, -0.2) is 46.1 Å². The van der Waals surface area contributed by atoms with Crippen molar-refractivity contribution in [1.82, 2.24) is 19.9 Å². The first-order valence-electron chi connectivity index (χ1n) is 8.56. The number of halogens is 1. The summed E-state index contributed by atoms with van der Waals surface area (Å²) in [6.07, 6.45) is 5.44. The number of rotatable bonds is 3. The molecule has 1 fully saturated rings. The maximum absolute atomic E-state index is 4.65. The van der Waals surface area contributed by atoms with Gasteiger partial charge in [0.25, 0.3) is 0 Å². The Hall–Kier alpha value is -2.54. The molecule has 0 bridgehead atoms. The zero-order chi connectivity index (χ0) is 17.9. The van der Waals surface area contributed by atoms with Gasteiger partial charge in [-0.15, -0.1) is 0 Å². The summed E-state index contributed by atoms with van der Waals surface area (Å²) in [6, 6.07) is 10.1. The summed E-state index contributed by atoms with van der Waals surface area (Å²) in [5.74, 6) is 2.77.